The van der Waals surface area contributed by atoms with Crippen LogP contribution in [-0.4, -0.2) is 114 Å². The van der Waals surface area contributed by atoms with E-state index in [0.29, 0.717) is 11.8 Å². The predicted octanol–water partition coefficient (Wildman–Crippen LogP) is 24.6. The number of hydrogen-bond donors (Lipinski definition) is 4. The molecule has 0 amide bonds. The molecule has 0 saturated heterocycles. The van der Waals surface area contributed by atoms with Gasteiger partial charge >= 0.3 is 6.16 Å². The number of allylic oxidation sites excluding steroid dienone is 4. The predicted molar refractivity (Wildman–Crippen MR) is 410 cm³/mol. The minimum absolute atomic E-state index is 0.170. The highest BCUT2D eigenvalue weighted by Gasteiger charge is 2.30. The fourth-order valence-corrected chi connectivity index (χ4v) is 13.5. The third-order valence-corrected chi connectivity index (χ3v) is 19.9. The van der Waals surface area contributed by atoms with E-state index in [-0.39, 0.29) is 36.6 Å². The molecule has 6 atom stereocenters. The summed E-state index contributed by atoms with van der Waals surface area (Å²) in [6.45, 7) is 10.7. The molecule has 0 heterocycles. The molecule has 4 N–H and O–H groups in total. The molecule has 2 unspecified atom stereocenters. The Balaban J connectivity index is 6.00. The van der Waals surface area contributed by atoms with Gasteiger partial charge in [-0.15, -0.1) is 0 Å². The average molecular weight is 1330 g/mol. The van der Waals surface area contributed by atoms with Crippen LogP contribution >= 0.6 is 0 Å². The summed E-state index contributed by atoms with van der Waals surface area (Å²) in [7, 11) is 8.56. The minimum atomic E-state index is -0.445. The molecule has 9 nitrogen and oxygen atoms in total. The van der Waals surface area contributed by atoms with Gasteiger partial charge in [-0.2, -0.15) is 0 Å². The first-order valence-corrected chi connectivity index (χ1v) is 41.3. The molecule has 0 rings (SSSR count). The Morgan fingerprint density at radius 2 is 0.479 bits per heavy atom. The molecule has 0 bridgehead atoms. The molecule has 556 valence electrons. The summed E-state index contributed by atoms with van der Waals surface area (Å²) < 4.78 is 13.4. The maximum Gasteiger partial charge on any atom is 0.508 e. The summed E-state index contributed by atoms with van der Waals surface area (Å²) in [5.74, 6) is 0.622. The van der Waals surface area contributed by atoms with Gasteiger partial charge in [-0.3, -0.25) is 0 Å². The van der Waals surface area contributed by atoms with Crippen LogP contribution in [0.25, 0.3) is 0 Å². The monoisotopic (exact) mass is 1330 g/mol. The van der Waals surface area contributed by atoms with E-state index < -0.39 is 6.16 Å². The number of carbonyl (C=O) groups excluding carboxylic acids is 1. The Hall–Kier alpha value is -2.01. The van der Waals surface area contributed by atoms with Gasteiger partial charge in [0, 0.05) is 13.1 Å². The van der Waals surface area contributed by atoms with E-state index in [2.05, 4.69) is 114 Å². The quantitative estimate of drug-likeness (QED) is 0.0268. The van der Waals surface area contributed by atoms with Crippen molar-refractivity contribution in [2.24, 2.45) is 11.8 Å². The summed E-state index contributed by atoms with van der Waals surface area (Å²) in [5, 5.41) is 41.5. The Morgan fingerprint density at radius 1 is 0.277 bits per heavy atom. The van der Waals surface area contributed by atoms with Crippen LogP contribution in [0.3, 0.4) is 0 Å². The second-order valence-corrected chi connectivity index (χ2v) is 29.9. The van der Waals surface area contributed by atoms with Gasteiger partial charge in [-0.25, -0.2) is 4.79 Å². The zero-order chi connectivity index (χ0) is 68.8. The van der Waals surface area contributed by atoms with Gasteiger partial charge in [0.25, 0.3) is 0 Å². The SMILES string of the molecule is CCCCCC[C@@H](O)C/C=C\CCCCCCCCC(CCCCCCCC/C=C\C[C@H](O)CCCCCC)C(CCN(C)C)OC(=O)OC(CCN(C)C)C(CCCCCCCC/C=C\C[C@H](O)CCCCCC)CCCCCCCC/C=C\C[C@H](O)CCCCCC. The van der Waals surface area contributed by atoms with Crippen molar-refractivity contribution in [3.8, 4) is 0 Å². The zero-order valence-corrected chi connectivity index (χ0v) is 64.1. The Kier molecular flexibility index (Phi) is 70.7. The topological polar surface area (TPSA) is 123 Å². The molecule has 0 aromatic rings. The third-order valence-electron chi connectivity index (χ3n) is 19.9. The van der Waals surface area contributed by atoms with Crippen molar-refractivity contribution in [3.05, 3.63) is 48.6 Å². The molecule has 0 aliphatic heterocycles. The van der Waals surface area contributed by atoms with Crippen molar-refractivity contribution in [2.45, 2.75) is 437 Å². The van der Waals surface area contributed by atoms with Gasteiger partial charge in [0.1, 0.15) is 12.2 Å². The van der Waals surface area contributed by atoms with Crippen LogP contribution < -0.4 is 0 Å². The normalized spacial score (nSPS) is 14.4. The van der Waals surface area contributed by atoms with Crippen molar-refractivity contribution >= 4 is 6.16 Å². The van der Waals surface area contributed by atoms with E-state index in [9.17, 15) is 25.2 Å². The molecule has 0 aliphatic carbocycles. The number of unbranched alkanes of at least 4 members (excludes halogenated alkanes) is 36. The van der Waals surface area contributed by atoms with E-state index in [1.807, 2.05) is 0 Å². The molecule has 0 aliphatic rings. The highest BCUT2D eigenvalue weighted by atomic mass is 16.7. The first-order chi connectivity index (χ1) is 45.9. The summed E-state index contributed by atoms with van der Waals surface area (Å²) in [6, 6.07) is 0. The van der Waals surface area contributed by atoms with Gasteiger partial charge in [0.15, 0.2) is 0 Å². The molecule has 9 heteroatoms. The molecule has 0 aromatic carbocycles. The summed E-state index contributed by atoms with van der Waals surface area (Å²) in [5.41, 5.74) is 0. The van der Waals surface area contributed by atoms with Gasteiger partial charge in [-0.1, -0.05) is 307 Å². The Labute approximate surface area is 586 Å². The van der Waals surface area contributed by atoms with E-state index in [1.54, 1.807) is 0 Å². The fraction of sp³-hybridized carbons (Fsp3) is 0.894. The lowest BCUT2D eigenvalue weighted by Gasteiger charge is -2.31. The van der Waals surface area contributed by atoms with Crippen LogP contribution in [0.1, 0.15) is 400 Å². The van der Waals surface area contributed by atoms with Crippen molar-refractivity contribution in [1.29, 1.82) is 0 Å². The first kappa shape index (κ1) is 92.0. The molecule has 0 fully saturated rings. The minimum Gasteiger partial charge on any atom is -0.431 e. The number of aliphatic hydroxyl groups is 4. The van der Waals surface area contributed by atoms with Crippen LogP contribution in [0, 0.1) is 11.8 Å². The van der Waals surface area contributed by atoms with E-state index in [1.165, 1.54) is 205 Å². The lowest BCUT2D eigenvalue weighted by Crippen LogP contribution is -2.35. The second kappa shape index (κ2) is 72.2. The number of ether oxygens (including phenoxy) is 2. The van der Waals surface area contributed by atoms with Gasteiger partial charge in [-0.05, 0) is 181 Å². The highest BCUT2D eigenvalue weighted by Crippen LogP contribution is 2.31. The van der Waals surface area contributed by atoms with Crippen LogP contribution in [0.15, 0.2) is 48.6 Å². The number of rotatable bonds is 74. The van der Waals surface area contributed by atoms with E-state index in [0.717, 1.165) is 180 Å². The standard InChI is InChI=1S/C85H164N2O7/c1-9-13-17-53-65-79(88)69-57-45-37-29-21-25-33-41-49-61-77(62-50-42-34-26-22-30-38-46-58-70-80(89)66-54-18-14-10-2)83(73-75-86(5)6)93-85(92)94-84(74-76-87(7)8)78(63-51-43-35-27-23-31-39-47-59-71-81(90)67-55-19-15-11-3)64-52-44-36-28-24-32-40-48-60-72-82(91)68-56-20-16-12-4/h45-48,57-60,77-84,88-91H,9-44,49-56,61-76H2,1-8H3/b57-45-,58-46-,59-47-,60-48-/t79-,80-,81-,82-,83?,84?/m1/s1. The molecule has 0 radical (unpaired) electrons. The average Bonchev–Trinajstić information content (AvgIpc) is 1.18. The Morgan fingerprint density at radius 3 is 0.702 bits per heavy atom. The smallest absolute Gasteiger partial charge is 0.431 e. The molecular weight excluding hydrogens is 1160 g/mol. The lowest BCUT2D eigenvalue weighted by atomic mass is 9.87. The van der Waals surface area contributed by atoms with Gasteiger partial charge in [0.05, 0.1) is 24.4 Å². The lowest BCUT2D eigenvalue weighted by molar-refractivity contribution is -0.0433. The summed E-state index contributed by atoms with van der Waals surface area (Å²) >= 11 is 0. The Bertz CT molecular complexity index is 1440. The maximum absolute atomic E-state index is 14.6. The van der Waals surface area contributed by atoms with E-state index in [4.69, 9.17) is 9.47 Å². The summed E-state index contributed by atoms with van der Waals surface area (Å²) in [6.07, 6.45) is 82.4. The molecule has 0 aromatic heterocycles. The van der Waals surface area contributed by atoms with Crippen LogP contribution in [-0.2, 0) is 9.47 Å². The van der Waals surface area contributed by atoms with Crippen molar-refractivity contribution in [2.75, 3.05) is 41.3 Å². The number of hydrogen-bond acceptors (Lipinski definition) is 9. The van der Waals surface area contributed by atoms with Crippen LogP contribution in [0.5, 0.6) is 0 Å². The number of nitrogens with zero attached hydrogens (tertiary/aromatic N) is 2. The van der Waals surface area contributed by atoms with Gasteiger partial charge < -0.3 is 39.7 Å². The first-order valence-electron chi connectivity index (χ1n) is 41.3. The largest absolute Gasteiger partial charge is 0.508 e. The number of carbonyl (C=O) groups is 1. The molecule has 0 spiro atoms. The maximum atomic E-state index is 14.6. The van der Waals surface area contributed by atoms with Crippen molar-refractivity contribution < 1.29 is 34.7 Å². The fourth-order valence-electron chi connectivity index (χ4n) is 13.5. The van der Waals surface area contributed by atoms with Crippen molar-refractivity contribution in [3.63, 3.8) is 0 Å². The zero-order valence-electron chi connectivity index (χ0n) is 64.1. The summed E-state index contributed by atoms with van der Waals surface area (Å²) in [4.78, 5) is 19.1. The molecule has 94 heavy (non-hydrogen) atoms. The van der Waals surface area contributed by atoms with Crippen LogP contribution in [0.4, 0.5) is 4.79 Å². The van der Waals surface area contributed by atoms with Crippen molar-refractivity contribution in [1.82, 2.24) is 9.80 Å². The van der Waals surface area contributed by atoms with Crippen LogP contribution in [0.2, 0.25) is 0 Å². The molecule has 0 saturated carbocycles. The second-order valence-electron chi connectivity index (χ2n) is 29.9. The van der Waals surface area contributed by atoms with E-state index >= 15 is 0 Å². The van der Waals surface area contributed by atoms with Gasteiger partial charge in [0.2, 0.25) is 0 Å². The third kappa shape index (κ3) is 65.9. The highest BCUT2D eigenvalue weighted by molar-refractivity contribution is 5.60. The number of aliphatic hydroxyl groups excluding tert-OH is 4. The molecular formula is C85H164N2O7.